The van der Waals surface area contributed by atoms with E-state index in [1.54, 1.807) is 0 Å². The molecule has 0 unspecified atom stereocenters. The Bertz CT molecular complexity index is 754. The maximum absolute atomic E-state index is 12.1. The molecule has 0 atom stereocenters. The molecular weight excluding hydrogens is 366 g/mol. The minimum Gasteiger partial charge on any atom is -0.494 e. The van der Waals surface area contributed by atoms with Crippen LogP contribution in [0.2, 0.25) is 0 Å². The normalized spacial score (nSPS) is 14.3. The van der Waals surface area contributed by atoms with Gasteiger partial charge in [0.2, 0.25) is 0 Å². The van der Waals surface area contributed by atoms with Crippen molar-refractivity contribution in [3.05, 3.63) is 48.5 Å². The lowest BCUT2D eigenvalue weighted by atomic mass is 9.99. The summed E-state index contributed by atoms with van der Waals surface area (Å²) in [6, 6.07) is 15.2. The zero-order valence-corrected chi connectivity index (χ0v) is 17.3. The molecule has 2 N–H and O–H groups in total. The van der Waals surface area contributed by atoms with E-state index in [1.165, 1.54) is 18.5 Å². The lowest BCUT2D eigenvalue weighted by Gasteiger charge is -2.32. The molecule has 6 nitrogen and oxygen atoms in total. The van der Waals surface area contributed by atoms with Gasteiger partial charge in [0.05, 0.1) is 13.2 Å². The molecule has 1 aliphatic rings. The third kappa shape index (κ3) is 6.59. The van der Waals surface area contributed by atoms with Crippen molar-refractivity contribution in [3.63, 3.8) is 0 Å². The van der Waals surface area contributed by atoms with Crippen LogP contribution in [0.25, 0.3) is 0 Å². The summed E-state index contributed by atoms with van der Waals surface area (Å²) in [7, 11) is 0. The van der Waals surface area contributed by atoms with E-state index in [0.717, 1.165) is 36.2 Å². The molecular formula is C23H31N3O3. The molecule has 29 heavy (non-hydrogen) atoms. The molecule has 0 spiro atoms. The molecule has 0 radical (unpaired) electrons. The fourth-order valence-corrected chi connectivity index (χ4v) is 3.33. The highest BCUT2D eigenvalue weighted by atomic mass is 16.5. The monoisotopic (exact) mass is 397 g/mol. The van der Waals surface area contributed by atoms with Crippen LogP contribution in [0.1, 0.15) is 26.7 Å². The highest BCUT2D eigenvalue weighted by Crippen LogP contribution is 2.24. The van der Waals surface area contributed by atoms with Crippen molar-refractivity contribution in [3.8, 4) is 11.5 Å². The SMILES string of the molecule is CCOc1ccc(OCCNC(=O)Nc2ccc(N3CCC(C)CC3)cc2)cc1. The lowest BCUT2D eigenvalue weighted by molar-refractivity contribution is 0.247. The summed E-state index contributed by atoms with van der Waals surface area (Å²) in [6.07, 6.45) is 2.47. The maximum atomic E-state index is 12.1. The van der Waals surface area contributed by atoms with E-state index in [-0.39, 0.29) is 6.03 Å². The molecule has 2 amide bonds. The molecule has 2 aromatic rings. The Hall–Kier alpha value is -2.89. The first-order valence-electron chi connectivity index (χ1n) is 10.4. The van der Waals surface area contributed by atoms with Gasteiger partial charge in [-0.15, -0.1) is 0 Å². The number of rotatable bonds is 8. The number of urea groups is 1. The Morgan fingerprint density at radius 2 is 1.62 bits per heavy atom. The number of amides is 2. The molecule has 6 heteroatoms. The molecule has 1 saturated heterocycles. The number of piperidine rings is 1. The van der Waals surface area contributed by atoms with Crippen LogP contribution in [0.4, 0.5) is 16.2 Å². The van der Waals surface area contributed by atoms with Crippen LogP contribution >= 0.6 is 0 Å². The van der Waals surface area contributed by atoms with Crippen LogP contribution in [-0.4, -0.2) is 38.9 Å². The summed E-state index contributed by atoms with van der Waals surface area (Å²) in [5.41, 5.74) is 2.00. The van der Waals surface area contributed by atoms with E-state index in [9.17, 15) is 4.79 Å². The number of carbonyl (C=O) groups is 1. The average molecular weight is 398 g/mol. The first-order valence-corrected chi connectivity index (χ1v) is 10.4. The molecule has 0 saturated carbocycles. The molecule has 1 aliphatic heterocycles. The first kappa shape index (κ1) is 20.8. The van der Waals surface area contributed by atoms with Crippen LogP contribution in [0.15, 0.2) is 48.5 Å². The quantitative estimate of drug-likeness (QED) is 0.643. The van der Waals surface area contributed by atoms with Gasteiger partial charge in [0.15, 0.2) is 0 Å². The smallest absolute Gasteiger partial charge is 0.319 e. The van der Waals surface area contributed by atoms with Crippen LogP contribution in [0.3, 0.4) is 0 Å². The van der Waals surface area contributed by atoms with E-state index in [4.69, 9.17) is 9.47 Å². The van der Waals surface area contributed by atoms with E-state index in [0.29, 0.717) is 19.8 Å². The minimum atomic E-state index is -0.236. The Labute approximate surface area is 173 Å². The summed E-state index contributed by atoms with van der Waals surface area (Å²) in [4.78, 5) is 14.5. The number of nitrogens with one attached hydrogen (secondary N) is 2. The van der Waals surface area contributed by atoms with Gasteiger partial charge in [0.25, 0.3) is 0 Å². The molecule has 0 aromatic heterocycles. The summed E-state index contributed by atoms with van der Waals surface area (Å²) in [5.74, 6) is 2.38. The van der Waals surface area contributed by atoms with Crippen molar-refractivity contribution in [1.29, 1.82) is 0 Å². The second-order valence-electron chi connectivity index (χ2n) is 7.35. The van der Waals surface area contributed by atoms with Gasteiger partial charge in [-0.25, -0.2) is 4.79 Å². The maximum Gasteiger partial charge on any atom is 0.319 e. The van der Waals surface area contributed by atoms with Crippen molar-refractivity contribution < 1.29 is 14.3 Å². The number of hydrogen-bond donors (Lipinski definition) is 2. The Morgan fingerprint density at radius 1 is 1.00 bits per heavy atom. The predicted molar refractivity (Wildman–Crippen MR) is 117 cm³/mol. The Kier molecular flexibility index (Phi) is 7.61. The van der Waals surface area contributed by atoms with Gasteiger partial charge >= 0.3 is 6.03 Å². The third-order valence-corrected chi connectivity index (χ3v) is 5.07. The molecule has 156 valence electrons. The van der Waals surface area contributed by atoms with E-state index in [2.05, 4.69) is 34.6 Å². The zero-order chi connectivity index (χ0) is 20.5. The van der Waals surface area contributed by atoms with Crippen LogP contribution in [0.5, 0.6) is 11.5 Å². The third-order valence-electron chi connectivity index (χ3n) is 5.07. The van der Waals surface area contributed by atoms with Crippen molar-refractivity contribution in [2.24, 2.45) is 5.92 Å². The van der Waals surface area contributed by atoms with Gasteiger partial charge in [-0.2, -0.15) is 0 Å². The second-order valence-corrected chi connectivity index (χ2v) is 7.35. The fraction of sp³-hybridized carbons (Fsp3) is 0.435. The van der Waals surface area contributed by atoms with Crippen molar-refractivity contribution in [2.45, 2.75) is 26.7 Å². The zero-order valence-electron chi connectivity index (χ0n) is 17.3. The number of carbonyl (C=O) groups excluding carboxylic acids is 1. The molecule has 0 bridgehead atoms. The topological polar surface area (TPSA) is 62.8 Å². The predicted octanol–water partition coefficient (Wildman–Crippen LogP) is 4.52. The van der Waals surface area contributed by atoms with Gasteiger partial charge in [-0.3, -0.25) is 0 Å². The molecule has 1 fully saturated rings. The van der Waals surface area contributed by atoms with Crippen LogP contribution in [0, 0.1) is 5.92 Å². The lowest BCUT2D eigenvalue weighted by Crippen LogP contribution is -2.33. The summed E-state index contributed by atoms with van der Waals surface area (Å²) < 4.78 is 11.0. The summed E-state index contributed by atoms with van der Waals surface area (Å²) >= 11 is 0. The Morgan fingerprint density at radius 3 is 2.24 bits per heavy atom. The first-order chi connectivity index (χ1) is 14.1. The van der Waals surface area contributed by atoms with Gasteiger partial charge in [-0.1, -0.05) is 6.92 Å². The highest BCUT2D eigenvalue weighted by molar-refractivity contribution is 5.89. The van der Waals surface area contributed by atoms with E-state index < -0.39 is 0 Å². The number of ether oxygens (including phenoxy) is 2. The second kappa shape index (κ2) is 10.6. The van der Waals surface area contributed by atoms with Crippen molar-refractivity contribution >= 4 is 17.4 Å². The number of nitrogens with zero attached hydrogens (tertiary/aromatic N) is 1. The van der Waals surface area contributed by atoms with E-state index >= 15 is 0 Å². The number of hydrogen-bond acceptors (Lipinski definition) is 4. The summed E-state index contributed by atoms with van der Waals surface area (Å²) in [5, 5.41) is 5.66. The van der Waals surface area contributed by atoms with Gasteiger partial charge in [0, 0.05) is 24.5 Å². The van der Waals surface area contributed by atoms with Crippen LogP contribution < -0.4 is 25.0 Å². The highest BCUT2D eigenvalue weighted by Gasteiger charge is 2.15. The van der Waals surface area contributed by atoms with Gasteiger partial charge in [-0.05, 0) is 74.2 Å². The average Bonchev–Trinajstić information content (AvgIpc) is 2.74. The van der Waals surface area contributed by atoms with Crippen molar-refractivity contribution in [1.82, 2.24) is 5.32 Å². The van der Waals surface area contributed by atoms with Crippen molar-refractivity contribution in [2.75, 3.05) is 43.1 Å². The number of benzene rings is 2. The summed E-state index contributed by atoms with van der Waals surface area (Å²) in [6.45, 7) is 7.92. The molecule has 0 aliphatic carbocycles. The van der Waals surface area contributed by atoms with E-state index in [1.807, 2.05) is 43.3 Å². The minimum absolute atomic E-state index is 0.236. The number of anilines is 2. The largest absolute Gasteiger partial charge is 0.494 e. The fourth-order valence-electron chi connectivity index (χ4n) is 3.33. The van der Waals surface area contributed by atoms with Gasteiger partial charge in [0.1, 0.15) is 18.1 Å². The molecule has 2 aromatic carbocycles. The van der Waals surface area contributed by atoms with Gasteiger partial charge < -0.3 is 25.0 Å². The molecule has 3 rings (SSSR count). The van der Waals surface area contributed by atoms with Crippen LogP contribution in [-0.2, 0) is 0 Å². The molecule has 1 heterocycles. The standard InChI is InChI=1S/C23H31N3O3/c1-3-28-21-8-10-22(11-9-21)29-17-14-24-23(27)25-19-4-6-20(7-5-19)26-15-12-18(2)13-16-26/h4-11,18H,3,12-17H2,1-2H3,(H2,24,25,27). The Balaban J connectivity index is 1.36.